The third-order valence-electron chi connectivity index (χ3n) is 6.90. The molecule has 3 N–H and O–H groups in total. The number of nitriles is 1. The SMILES string of the molecule is CC1CCC(C(C)C)C(C#N)C1.CCNC(=O)C1CC(C)CCC1C(C)C.CCO.O=S(=O)(O)Cl. The van der Waals surface area contributed by atoms with Crippen LogP contribution in [0.5, 0.6) is 0 Å². The lowest BCUT2D eigenvalue weighted by atomic mass is 9.70. The van der Waals surface area contributed by atoms with E-state index in [-0.39, 0.29) is 18.4 Å². The second-order valence-corrected chi connectivity index (χ2v) is 12.6. The van der Waals surface area contributed by atoms with Crippen LogP contribution in [0.15, 0.2) is 0 Å². The van der Waals surface area contributed by atoms with Crippen LogP contribution in [0, 0.1) is 58.7 Å². The number of hydrogen-bond acceptors (Lipinski definition) is 5. The summed E-state index contributed by atoms with van der Waals surface area (Å²) in [6.45, 7) is 18.2. The fourth-order valence-corrected chi connectivity index (χ4v) is 5.16. The first-order chi connectivity index (χ1) is 16.1. The summed E-state index contributed by atoms with van der Waals surface area (Å²) in [6.07, 6.45) is 7.30. The molecule has 0 heterocycles. The van der Waals surface area contributed by atoms with Gasteiger partial charge in [-0.3, -0.25) is 9.35 Å². The Morgan fingerprint density at radius 1 is 1.00 bits per heavy atom. The molecule has 0 spiro atoms. The Bertz CT molecular complexity index is 701. The van der Waals surface area contributed by atoms with Crippen molar-refractivity contribution in [2.24, 2.45) is 47.3 Å². The van der Waals surface area contributed by atoms with Crippen LogP contribution in [0.2, 0.25) is 0 Å². The molecule has 7 nitrogen and oxygen atoms in total. The molecular weight excluding hydrogens is 488 g/mol. The fraction of sp³-hybridized carbons (Fsp3) is 0.923. The molecule has 0 radical (unpaired) electrons. The van der Waals surface area contributed by atoms with Gasteiger partial charge in [0.2, 0.25) is 5.91 Å². The number of aliphatic hydroxyl groups is 1. The van der Waals surface area contributed by atoms with Crippen molar-refractivity contribution >= 4 is 25.9 Å². The summed E-state index contributed by atoms with van der Waals surface area (Å²) in [6, 6.07) is 2.47. The van der Waals surface area contributed by atoms with Gasteiger partial charge in [0, 0.05) is 35.7 Å². The first-order valence-corrected chi connectivity index (χ1v) is 15.3. The van der Waals surface area contributed by atoms with Crippen LogP contribution in [0.25, 0.3) is 0 Å². The van der Waals surface area contributed by atoms with Crippen molar-refractivity contribution in [2.45, 2.75) is 93.9 Å². The Labute approximate surface area is 219 Å². The van der Waals surface area contributed by atoms with Crippen molar-refractivity contribution in [3.05, 3.63) is 0 Å². The summed E-state index contributed by atoms with van der Waals surface area (Å²) in [7, 11) is -0.137. The smallest absolute Gasteiger partial charge is 0.353 e. The molecule has 2 aliphatic carbocycles. The van der Waals surface area contributed by atoms with E-state index >= 15 is 0 Å². The molecule has 2 fully saturated rings. The molecule has 0 aromatic carbocycles. The van der Waals surface area contributed by atoms with Crippen LogP contribution < -0.4 is 5.32 Å². The van der Waals surface area contributed by atoms with Gasteiger partial charge in [0.05, 0.1) is 6.07 Å². The van der Waals surface area contributed by atoms with Crippen LogP contribution in [0.1, 0.15) is 93.9 Å². The van der Waals surface area contributed by atoms with E-state index < -0.39 is 9.33 Å². The number of nitrogens with zero attached hydrogens (tertiary/aromatic N) is 1. The molecule has 0 aromatic heterocycles. The van der Waals surface area contributed by atoms with Crippen LogP contribution in [-0.4, -0.2) is 37.1 Å². The molecule has 6 unspecified atom stereocenters. The maximum absolute atomic E-state index is 11.9. The van der Waals surface area contributed by atoms with Crippen LogP contribution in [0.3, 0.4) is 0 Å². The summed E-state index contributed by atoms with van der Waals surface area (Å²) in [5.41, 5.74) is 0. The Balaban J connectivity index is 0. The van der Waals surface area contributed by atoms with E-state index in [4.69, 9.17) is 23.3 Å². The number of carbonyl (C=O) groups is 1. The number of amides is 1. The third kappa shape index (κ3) is 18.1. The first kappa shape index (κ1) is 36.3. The Morgan fingerprint density at radius 2 is 1.40 bits per heavy atom. The van der Waals surface area contributed by atoms with Gasteiger partial charge in [-0.15, -0.1) is 0 Å². The molecular formula is C26H51ClN2O5S. The summed E-state index contributed by atoms with van der Waals surface area (Å²) < 4.78 is 25.2. The summed E-state index contributed by atoms with van der Waals surface area (Å²) in [5, 5.41) is 19.5. The summed E-state index contributed by atoms with van der Waals surface area (Å²) >= 11 is 0. The molecule has 0 aliphatic heterocycles. The summed E-state index contributed by atoms with van der Waals surface area (Å²) in [4.78, 5) is 11.9. The molecule has 1 amide bonds. The van der Waals surface area contributed by atoms with Gasteiger partial charge in [0.15, 0.2) is 0 Å². The van der Waals surface area contributed by atoms with Crippen LogP contribution in [-0.2, 0) is 14.1 Å². The quantitative estimate of drug-likeness (QED) is 0.294. The average Bonchev–Trinajstić information content (AvgIpc) is 2.73. The number of carbonyl (C=O) groups excluding carboxylic acids is 1. The van der Waals surface area contributed by atoms with Gasteiger partial charge in [-0.25, -0.2) is 0 Å². The van der Waals surface area contributed by atoms with E-state index in [2.05, 4.69) is 63.6 Å². The minimum absolute atomic E-state index is 0.250. The molecule has 6 atom stereocenters. The van der Waals surface area contributed by atoms with Crippen molar-refractivity contribution in [3.63, 3.8) is 0 Å². The van der Waals surface area contributed by atoms with Gasteiger partial charge >= 0.3 is 9.33 Å². The fourth-order valence-electron chi connectivity index (χ4n) is 5.16. The molecule has 2 rings (SSSR count). The molecule has 9 heteroatoms. The molecule has 2 aliphatic rings. The van der Waals surface area contributed by atoms with Crippen molar-refractivity contribution in [3.8, 4) is 6.07 Å². The predicted molar refractivity (Wildman–Crippen MR) is 144 cm³/mol. The lowest BCUT2D eigenvalue weighted by Crippen LogP contribution is -2.40. The number of hydrogen-bond donors (Lipinski definition) is 3. The minimum atomic E-state index is -4.19. The second kappa shape index (κ2) is 19.3. The molecule has 35 heavy (non-hydrogen) atoms. The summed E-state index contributed by atoms with van der Waals surface area (Å²) in [5.74, 6) is 4.91. The average molecular weight is 539 g/mol. The molecule has 0 saturated heterocycles. The highest BCUT2D eigenvalue weighted by Crippen LogP contribution is 2.38. The van der Waals surface area contributed by atoms with E-state index in [1.54, 1.807) is 6.92 Å². The molecule has 2 saturated carbocycles. The largest absolute Gasteiger partial charge is 0.397 e. The zero-order valence-electron chi connectivity index (χ0n) is 23.1. The predicted octanol–water partition coefficient (Wildman–Crippen LogP) is 6.08. The molecule has 208 valence electrons. The lowest BCUT2D eigenvalue weighted by Gasteiger charge is -2.36. The maximum atomic E-state index is 11.9. The maximum Gasteiger partial charge on any atom is 0.353 e. The van der Waals surface area contributed by atoms with E-state index in [9.17, 15) is 4.79 Å². The Kier molecular flexibility index (Phi) is 20.0. The topological polar surface area (TPSA) is 127 Å². The Morgan fingerprint density at radius 3 is 1.77 bits per heavy atom. The number of nitrogens with one attached hydrogen (secondary N) is 1. The Hall–Kier alpha value is -0.880. The first-order valence-electron chi connectivity index (χ1n) is 13.1. The van der Waals surface area contributed by atoms with Crippen molar-refractivity contribution in [1.82, 2.24) is 5.32 Å². The third-order valence-corrected chi connectivity index (χ3v) is 6.90. The van der Waals surface area contributed by atoms with Crippen molar-refractivity contribution < 1.29 is 22.9 Å². The molecule has 0 bridgehead atoms. The van der Waals surface area contributed by atoms with Gasteiger partial charge < -0.3 is 10.4 Å². The monoisotopic (exact) mass is 538 g/mol. The second-order valence-electron chi connectivity index (χ2n) is 10.6. The highest BCUT2D eigenvalue weighted by molar-refractivity contribution is 8.09. The minimum Gasteiger partial charge on any atom is -0.397 e. The van der Waals surface area contributed by atoms with E-state index in [1.807, 2.05) is 6.92 Å². The highest BCUT2D eigenvalue weighted by Gasteiger charge is 2.35. The van der Waals surface area contributed by atoms with Gasteiger partial charge in [0.1, 0.15) is 0 Å². The van der Waals surface area contributed by atoms with E-state index in [0.717, 1.165) is 25.3 Å². The molecule has 0 aromatic rings. The standard InChI is InChI=1S/C13H25NO.C11H19N.C2H6O.ClHO3S/c1-5-14-13(15)12-8-10(4)6-7-11(12)9(2)3;1-8(2)11-5-4-9(3)6-10(11)7-12;1-2-3;1-5(2,3)4/h9-12H,5-8H2,1-4H3,(H,14,15);8-11H,4-6H2,1-3H3;3H,2H2,1H3;(H,2,3,4). The number of aliphatic hydroxyl groups excluding tert-OH is 1. The van der Waals surface area contributed by atoms with E-state index in [1.165, 1.54) is 25.7 Å². The van der Waals surface area contributed by atoms with Gasteiger partial charge in [-0.05, 0) is 75.0 Å². The van der Waals surface area contributed by atoms with Crippen LogP contribution in [0.4, 0.5) is 0 Å². The zero-order valence-corrected chi connectivity index (χ0v) is 24.7. The van der Waals surface area contributed by atoms with Crippen LogP contribution >= 0.6 is 10.7 Å². The van der Waals surface area contributed by atoms with E-state index in [0.29, 0.717) is 35.5 Å². The zero-order chi connectivity index (χ0) is 27.8. The van der Waals surface area contributed by atoms with Gasteiger partial charge in [-0.1, -0.05) is 54.4 Å². The van der Waals surface area contributed by atoms with Gasteiger partial charge in [0.25, 0.3) is 0 Å². The van der Waals surface area contributed by atoms with Gasteiger partial charge in [-0.2, -0.15) is 13.7 Å². The number of rotatable bonds is 4. The lowest BCUT2D eigenvalue weighted by molar-refractivity contribution is -0.129. The number of halogens is 1. The van der Waals surface area contributed by atoms with Crippen molar-refractivity contribution in [1.29, 1.82) is 5.26 Å². The van der Waals surface area contributed by atoms with Crippen molar-refractivity contribution in [2.75, 3.05) is 13.2 Å². The highest BCUT2D eigenvalue weighted by atomic mass is 35.7. The normalized spacial score (nSPS) is 28.2.